The van der Waals surface area contributed by atoms with Crippen LogP contribution in [0.25, 0.3) is 0 Å². The van der Waals surface area contributed by atoms with Crippen LogP contribution < -0.4 is 0 Å². The van der Waals surface area contributed by atoms with E-state index in [0.29, 0.717) is 11.8 Å². The van der Waals surface area contributed by atoms with Crippen molar-refractivity contribution in [2.24, 2.45) is 33.5 Å². The number of nitrogens with zero attached hydrogens (tertiary/aromatic N) is 1. The standard InChI is InChI=1S/C26H44NO4/c1-23(2)17-9-11-25(23,5)19(13-17)30-21(28)15-27(7,8)16-22(29)31-20-14-18-10-12-26(20,6)24(18,3)4/h17-20H,9-16H2,1-8H3/q+1/t17-,18-,19+,20+,25-,26+/m0/s1. The molecular weight excluding hydrogens is 390 g/mol. The second-order valence-corrected chi connectivity index (χ2v) is 13.4. The molecule has 0 N–H and O–H groups in total. The lowest BCUT2D eigenvalue weighted by atomic mass is 9.70. The zero-order valence-corrected chi connectivity index (χ0v) is 21.0. The van der Waals surface area contributed by atoms with Crippen molar-refractivity contribution in [3.8, 4) is 0 Å². The first kappa shape index (κ1) is 23.1. The molecule has 0 aromatic carbocycles. The summed E-state index contributed by atoms with van der Waals surface area (Å²) >= 11 is 0. The Bertz CT molecular complexity index is 709. The Hall–Kier alpha value is -1.10. The largest absolute Gasteiger partial charge is 0.458 e. The van der Waals surface area contributed by atoms with Crippen LogP contribution in [0, 0.1) is 33.5 Å². The van der Waals surface area contributed by atoms with Crippen LogP contribution in [0.5, 0.6) is 0 Å². The van der Waals surface area contributed by atoms with Crippen molar-refractivity contribution in [3.05, 3.63) is 0 Å². The molecule has 0 heterocycles. The maximum Gasteiger partial charge on any atom is 0.362 e. The Morgan fingerprint density at radius 3 is 1.35 bits per heavy atom. The van der Waals surface area contributed by atoms with Crippen LogP contribution in [0.1, 0.15) is 80.1 Å². The summed E-state index contributed by atoms with van der Waals surface area (Å²) < 4.78 is 12.3. The maximum absolute atomic E-state index is 12.8. The highest BCUT2D eigenvalue weighted by Crippen LogP contribution is 2.67. The molecule has 0 spiro atoms. The van der Waals surface area contributed by atoms with Gasteiger partial charge in [-0.05, 0) is 61.2 Å². The molecule has 6 atom stereocenters. The predicted molar refractivity (Wildman–Crippen MR) is 120 cm³/mol. The third kappa shape index (κ3) is 3.36. The van der Waals surface area contributed by atoms with Gasteiger partial charge in [0, 0.05) is 10.8 Å². The molecule has 5 heteroatoms. The van der Waals surface area contributed by atoms with E-state index < -0.39 is 0 Å². The van der Waals surface area contributed by atoms with Gasteiger partial charge in [0.1, 0.15) is 12.2 Å². The molecule has 4 bridgehead atoms. The molecule has 4 aliphatic rings. The predicted octanol–water partition coefficient (Wildman–Crippen LogP) is 4.58. The highest BCUT2D eigenvalue weighted by molar-refractivity contribution is 5.73. The van der Waals surface area contributed by atoms with Gasteiger partial charge in [0.25, 0.3) is 0 Å². The lowest BCUT2D eigenvalue weighted by molar-refractivity contribution is -0.875. The Kier molecular flexibility index (Phi) is 5.17. The third-order valence-corrected chi connectivity index (χ3v) is 11.1. The van der Waals surface area contributed by atoms with E-state index in [-0.39, 0.29) is 63.4 Å². The number of hydrogen-bond acceptors (Lipinski definition) is 4. The number of rotatable bonds is 6. The average molecular weight is 435 g/mol. The molecule has 5 nitrogen and oxygen atoms in total. The van der Waals surface area contributed by atoms with Gasteiger partial charge in [-0.3, -0.25) is 0 Å². The van der Waals surface area contributed by atoms with Gasteiger partial charge in [0.05, 0.1) is 14.1 Å². The first-order valence-corrected chi connectivity index (χ1v) is 12.3. The Morgan fingerprint density at radius 2 is 1.10 bits per heavy atom. The minimum absolute atomic E-state index is 0.00285. The quantitative estimate of drug-likeness (QED) is 0.454. The van der Waals surface area contributed by atoms with Gasteiger partial charge >= 0.3 is 11.9 Å². The lowest BCUT2D eigenvalue weighted by Crippen LogP contribution is -2.50. The fraction of sp³-hybridized carbons (Fsp3) is 0.923. The first-order chi connectivity index (χ1) is 14.1. The highest BCUT2D eigenvalue weighted by Gasteiger charge is 2.64. The SMILES string of the molecule is CC1(C)[C@H]2CC[C@@]1(C)[C@H](OC(=O)C[N+](C)(C)CC(=O)O[C@@H]1C[C@@H]3CC[C@@]1(C)C3(C)C)C2. The summed E-state index contributed by atoms with van der Waals surface area (Å²) in [7, 11) is 3.84. The van der Waals surface area contributed by atoms with Crippen LogP contribution >= 0.6 is 0 Å². The summed E-state index contributed by atoms with van der Waals surface area (Å²) in [4.78, 5) is 25.6. The molecule has 0 aliphatic heterocycles. The van der Waals surface area contributed by atoms with Crippen molar-refractivity contribution in [2.45, 2.75) is 92.3 Å². The van der Waals surface area contributed by atoms with Crippen LogP contribution in [-0.2, 0) is 19.1 Å². The van der Waals surface area contributed by atoms with Gasteiger partial charge in [0.15, 0.2) is 13.1 Å². The van der Waals surface area contributed by atoms with Crippen LogP contribution in [0.2, 0.25) is 0 Å². The van der Waals surface area contributed by atoms with Crippen LogP contribution in [-0.4, -0.2) is 55.8 Å². The molecular formula is C26H44NO4+. The van der Waals surface area contributed by atoms with E-state index in [1.54, 1.807) is 0 Å². The molecule has 0 aromatic rings. The summed E-state index contributed by atoms with van der Waals surface area (Å²) in [5.41, 5.74) is 0.564. The minimum atomic E-state index is -0.194. The van der Waals surface area contributed by atoms with Crippen molar-refractivity contribution in [2.75, 3.05) is 27.2 Å². The van der Waals surface area contributed by atoms with E-state index in [9.17, 15) is 9.59 Å². The number of fused-ring (bicyclic) bond motifs is 4. The van der Waals surface area contributed by atoms with Gasteiger partial charge in [-0.25, -0.2) is 9.59 Å². The van der Waals surface area contributed by atoms with Gasteiger partial charge < -0.3 is 14.0 Å². The molecule has 0 amide bonds. The monoisotopic (exact) mass is 434 g/mol. The van der Waals surface area contributed by atoms with E-state index in [1.807, 2.05) is 14.1 Å². The molecule has 0 aromatic heterocycles. The van der Waals surface area contributed by atoms with Gasteiger partial charge in [-0.2, -0.15) is 0 Å². The van der Waals surface area contributed by atoms with Crippen molar-refractivity contribution in [3.63, 3.8) is 0 Å². The Balaban J connectivity index is 1.30. The third-order valence-electron chi connectivity index (χ3n) is 11.1. The van der Waals surface area contributed by atoms with E-state index in [4.69, 9.17) is 9.47 Å². The van der Waals surface area contributed by atoms with Gasteiger partial charge in [0.2, 0.25) is 0 Å². The fourth-order valence-corrected chi connectivity index (χ4v) is 7.76. The number of carbonyl (C=O) groups is 2. The number of esters is 2. The number of hydrogen-bond donors (Lipinski definition) is 0. The molecule has 0 unspecified atom stereocenters. The Labute approximate surface area is 188 Å². The van der Waals surface area contributed by atoms with Crippen LogP contribution in [0.3, 0.4) is 0 Å². The highest BCUT2D eigenvalue weighted by atomic mass is 16.6. The number of ether oxygens (including phenoxy) is 2. The smallest absolute Gasteiger partial charge is 0.362 e. The zero-order chi connectivity index (χ0) is 23.0. The molecule has 4 saturated carbocycles. The van der Waals surface area contributed by atoms with Gasteiger partial charge in [-0.1, -0.05) is 41.5 Å². The number of likely N-dealkylation sites (N-methyl/N-ethyl adjacent to an activating group) is 1. The zero-order valence-electron chi connectivity index (χ0n) is 21.0. The molecule has 176 valence electrons. The maximum atomic E-state index is 12.8. The van der Waals surface area contributed by atoms with Gasteiger partial charge in [-0.15, -0.1) is 0 Å². The van der Waals surface area contributed by atoms with Crippen LogP contribution in [0.15, 0.2) is 0 Å². The first-order valence-electron chi connectivity index (χ1n) is 12.3. The van der Waals surface area contributed by atoms with Crippen LogP contribution in [0.4, 0.5) is 0 Å². The molecule has 0 radical (unpaired) electrons. The van der Waals surface area contributed by atoms with Crippen molar-refractivity contribution in [1.29, 1.82) is 0 Å². The Morgan fingerprint density at radius 1 is 0.742 bits per heavy atom. The molecule has 4 rings (SSSR count). The molecule has 0 saturated heterocycles. The second-order valence-electron chi connectivity index (χ2n) is 13.4. The topological polar surface area (TPSA) is 52.6 Å². The fourth-order valence-electron chi connectivity index (χ4n) is 7.76. The van der Waals surface area contributed by atoms with E-state index in [1.165, 1.54) is 12.8 Å². The average Bonchev–Trinajstić information content (AvgIpc) is 3.12. The van der Waals surface area contributed by atoms with E-state index >= 15 is 0 Å². The lowest BCUT2D eigenvalue weighted by Gasteiger charge is -2.39. The van der Waals surface area contributed by atoms with E-state index in [0.717, 1.165) is 25.7 Å². The number of quaternary nitrogens is 1. The van der Waals surface area contributed by atoms with Crippen molar-refractivity contribution >= 4 is 11.9 Å². The van der Waals surface area contributed by atoms with Crippen molar-refractivity contribution in [1.82, 2.24) is 0 Å². The molecule has 4 aliphatic carbocycles. The second kappa shape index (κ2) is 6.95. The molecule has 4 fully saturated rings. The normalized spacial score (nSPS) is 42.1. The summed E-state index contributed by atoms with van der Waals surface area (Å²) in [5.74, 6) is 0.890. The summed E-state index contributed by atoms with van der Waals surface area (Å²) in [6, 6.07) is 0. The molecule has 31 heavy (non-hydrogen) atoms. The van der Waals surface area contributed by atoms with E-state index in [2.05, 4.69) is 41.5 Å². The number of carbonyl (C=O) groups excluding carboxylic acids is 2. The minimum Gasteiger partial charge on any atom is -0.458 e. The summed E-state index contributed by atoms with van der Waals surface area (Å²) in [6.45, 7) is 14.3. The summed E-state index contributed by atoms with van der Waals surface area (Å²) in [6.07, 6.45) is 6.68. The summed E-state index contributed by atoms with van der Waals surface area (Å²) in [5, 5.41) is 0. The van der Waals surface area contributed by atoms with Crippen molar-refractivity contribution < 1.29 is 23.5 Å².